The minimum atomic E-state index is -0.814. The van der Waals surface area contributed by atoms with Gasteiger partial charge in [-0.2, -0.15) is 0 Å². The maximum atomic E-state index is 10.5. The molecule has 0 radical (unpaired) electrons. The highest BCUT2D eigenvalue weighted by Gasteiger charge is 2.05. The van der Waals surface area contributed by atoms with Crippen LogP contribution in [0.1, 0.15) is 13.3 Å². The third-order valence-electron chi connectivity index (χ3n) is 0.876. The molecule has 0 spiro atoms. The van der Waals surface area contributed by atoms with E-state index in [1.165, 1.54) is 0 Å². The predicted molar refractivity (Wildman–Crippen MR) is 36.9 cm³/mol. The maximum Gasteiger partial charge on any atom is 0.414 e. The van der Waals surface area contributed by atoms with Crippen LogP contribution in [-0.4, -0.2) is 30.3 Å². The van der Waals surface area contributed by atoms with Gasteiger partial charge in [0, 0.05) is 13.0 Å². The zero-order valence-electron chi connectivity index (χ0n) is 6.29. The van der Waals surface area contributed by atoms with Crippen molar-refractivity contribution in [3.8, 4) is 0 Å². The summed E-state index contributed by atoms with van der Waals surface area (Å²) in [6.07, 6.45) is -0.655. The van der Waals surface area contributed by atoms with Crippen molar-refractivity contribution in [1.29, 1.82) is 0 Å². The molecular formula is C6H11NO4. The van der Waals surface area contributed by atoms with E-state index in [-0.39, 0.29) is 19.6 Å². The van der Waals surface area contributed by atoms with E-state index in [0.717, 1.165) is 0 Å². The first-order valence-corrected chi connectivity index (χ1v) is 3.30. The molecule has 0 aromatic rings. The second-order valence-corrected chi connectivity index (χ2v) is 1.77. The maximum absolute atomic E-state index is 10.5. The SMILES string of the molecule is CCC(=O)OC(=O)NCCO. The lowest BCUT2D eigenvalue weighted by atomic mass is 10.5. The molecule has 0 unspecified atom stereocenters. The molecule has 0 atom stereocenters. The summed E-state index contributed by atoms with van der Waals surface area (Å²) in [5.41, 5.74) is 0. The molecule has 11 heavy (non-hydrogen) atoms. The molecule has 5 nitrogen and oxygen atoms in total. The Bertz CT molecular complexity index is 146. The van der Waals surface area contributed by atoms with E-state index in [0.29, 0.717) is 0 Å². The van der Waals surface area contributed by atoms with Crippen LogP contribution in [0, 0.1) is 0 Å². The first-order chi connectivity index (χ1) is 5.20. The van der Waals surface area contributed by atoms with Crippen molar-refractivity contribution >= 4 is 12.1 Å². The van der Waals surface area contributed by atoms with Gasteiger partial charge in [-0.3, -0.25) is 4.79 Å². The molecule has 64 valence electrons. The number of carbonyl (C=O) groups is 2. The Morgan fingerprint density at radius 3 is 2.64 bits per heavy atom. The van der Waals surface area contributed by atoms with Crippen molar-refractivity contribution in [2.45, 2.75) is 13.3 Å². The standard InChI is InChI=1S/C6H11NO4/c1-2-5(9)11-6(10)7-3-4-8/h8H,2-4H2,1H3,(H,7,10). The molecule has 5 heteroatoms. The van der Waals surface area contributed by atoms with Gasteiger partial charge in [0.25, 0.3) is 0 Å². The molecule has 2 N–H and O–H groups in total. The summed E-state index contributed by atoms with van der Waals surface area (Å²) >= 11 is 0. The summed E-state index contributed by atoms with van der Waals surface area (Å²) in [7, 11) is 0. The van der Waals surface area contributed by atoms with Crippen LogP contribution in [0.25, 0.3) is 0 Å². The van der Waals surface area contributed by atoms with E-state index in [1.807, 2.05) is 0 Å². The third kappa shape index (κ3) is 5.35. The quantitative estimate of drug-likeness (QED) is 0.438. The second-order valence-electron chi connectivity index (χ2n) is 1.77. The lowest BCUT2D eigenvalue weighted by Gasteiger charge is -2.01. The zero-order chi connectivity index (χ0) is 8.69. The Balaban J connectivity index is 3.44. The predicted octanol–water partition coefficient (Wildman–Crippen LogP) is -0.358. The van der Waals surface area contributed by atoms with Crippen LogP contribution in [0.3, 0.4) is 0 Å². The molecule has 1 amide bonds. The molecule has 0 aromatic heterocycles. The molecule has 0 rings (SSSR count). The Kier molecular flexibility index (Phi) is 5.10. The zero-order valence-corrected chi connectivity index (χ0v) is 6.29. The van der Waals surface area contributed by atoms with E-state index >= 15 is 0 Å². The van der Waals surface area contributed by atoms with Crippen LogP contribution < -0.4 is 5.32 Å². The normalized spacial score (nSPS) is 8.91. The first-order valence-electron chi connectivity index (χ1n) is 3.30. The van der Waals surface area contributed by atoms with Gasteiger partial charge in [-0.15, -0.1) is 0 Å². The van der Waals surface area contributed by atoms with Crippen LogP contribution >= 0.6 is 0 Å². The van der Waals surface area contributed by atoms with Crippen LogP contribution in [0.2, 0.25) is 0 Å². The first kappa shape index (κ1) is 9.90. The Hall–Kier alpha value is -1.10. The van der Waals surface area contributed by atoms with Crippen LogP contribution in [0.5, 0.6) is 0 Å². The van der Waals surface area contributed by atoms with Crippen molar-refractivity contribution in [3.63, 3.8) is 0 Å². The highest BCUT2D eigenvalue weighted by Crippen LogP contribution is 1.84. The molecule has 0 heterocycles. The van der Waals surface area contributed by atoms with Crippen molar-refractivity contribution < 1.29 is 19.4 Å². The van der Waals surface area contributed by atoms with E-state index in [1.54, 1.807) is 6.92 Å². The minimum Gasteiger partial charge on any atom is -0.395 e. The van der Waals surface area contributed by atoms with Crippen molar-refractivity contribution in [2.75, 3.05) is 13.2 Å². The highest BCUT2D eigenvalue weighted by atomic mass is 16.6. The average Bonchev–Trinajstić information content (AvgIpc) is 2.00. The van der Waals surface area contributed by atoms with E-state index in [9.17, 15) is 9.59 Å². The van der Waals surface area contributed by atoms with Crippen molar-refractivity contribution in [1.82, 2.24) is 5.32 Å². The molecule has 0 fully saturated rings. The number of ether oxygens (including phenoxy) is 1. The number of carbonyl (C=O) groups excluding carboxylic acids is 2. The molecule has 0 aliphatic rings. The number of esters is 1. The summed E-state index contributed by atoms with van der Waals surface area (Å²) in [6.45, 7) is 1.51. The Morgan fingerprint density at radius 1 is 1.55 bits per heavy atom. The fraction of sp³-hybridized carbons (Fsp3) is 0.667. The van der Waals surface area contributed by atoms with Gasteiger partial charge >= 0.3 is 12.1 Å². The van der Waals surface area contributed by atoms with E-state index < -0.39 is 12.1 Å². The van der Waals surface area contributed by atoms with Crippen molar-refractivity contribution in [2.24, 2.45) is 0 Å². The van der Waals surface area contributed by atoms with Gasteiger partial charge in [-0.1, -0.05) is 6.92 Å². The van der Waals surface area contributed by atoms with Crippen LogP contribution in [0.4, 0.5) is 4.79 Å². The van der Waals surface area contributed by atoms with Gasteiger partial charge in [-0.25, -0.2) is 4.79 Å². The van der Waals surface area contributed by atoms with Gasteiger partial charge in [0.1, 0.15) is 0 Å². The molecule has 0 saturated heterocycles. The smallest absolute Gasteiger partial charge is 0.395 e. The van der Waals surface area contributed by atoms with Crippen LogP contribution in [0.15, 0.2) is 0 Å². The summed E-state index contributed by atoms with van der Waals surface area (Å²) in [5, 5.41) is 10.4. The van der Waals surface area contributed by atoms with Crippen molar-refractivity contribution in [3.05, 3.63) is 0 Å². The fourth-order valence-corrected chi connectivity index (χ4v) is 0.370. The average molecular weight is 161 g/mol. The number of hydrogen-bond donors (Lipinski definition) is 2. The summed E-state index contributed by atoms with van der Waals surface area (Å²) in [6, 6.07) is 0. The number of aliphatic hydroxyl groups excluding tert-OH is 1. The highest BCUT2D eigenvalue weighted by molar-refractivity contribution is 5.84. The van der Waals surface area contributed by atoms with Gasteiger partial charge in [0.15, 0.2) is 0 Å². The van der Waals surface area contributed by atoms with E-state index in [4.69, 9.17) is 5.11 Å². The lowest BCUT2D eigenvalue weighted by molar-refractivity contribution is -0.136. The number of rotatable bonds is 3. The Morgan fingerprint density at radius 2 is 2.18 bits per heavy atom. The summed E-state index contributed by atoms with van der Waals surface area (Å²) < 4.78 is 4.20. The monoisotopic (exact) mass is 161 g/mol. The number of nitrogens with one attached hydrogen (secondary N) is 1. The largest absolute Gasteiger partial charge is 0.414 e. The van der Waals surface area contributed by atoms with Gasteiger partial charge in [-0.05, 0) is 0 Å². The number of hydrogen-bond acceptors (Lipinski definition) is 4. The molecule has 0 bridgehead atoms. The van der Waals surface area contributed by atoms with Gasteiger partial charge < -0.3 is 15.2 Å². The molecule has 0 aliphatic heterocycles. The van der Waals surface area contributed by atoms with Gasteiger partial charge in [0.2, 0.25) is 0 Å². The summed E-state index contributed by atoms with van der Waals surface area (Å²) in [4.78, 5) is 20.9. The molecular weight excluding hydrogens is 150 g/mol. The molecule has 0 aromatic carbocycles. The Labute approximate surface area is 64.3 Å². The molecule has 0 aliphatic carbocycles. The summed E-state index contributed by atoms with van der Waals surface area (Å²) in [5.74, 6) is -0.583. The fourth-order valence-electron chi connectivity index (χ4n) is 0.370. The number of amides is 1. The second kappa shape index (κ2) is 5.67. The van der Waals surface area contributed by atoms with E-state index in [2.05, 4.69) is 10.1 Å². The lowest BCUT2D eigenvalue weighted by Crippen LogP contribution is -2.28. The van der Waals surface area contributed by atoms with Crippen LogP contribution in [-0.2, 0) is 9.53 Å². The minimum absolute atomic E-state index is 0.0931. The number of alkyl carbamates (subject to hydrolysis) is 1. The van der Waals surface area contributed by atoms with Gasteiger partial charge in [0.05, 0.1) is 6.61 Å². The molecule has 0 saturated carbocycles. The number of aliphatic hydroxyl groups is 1. The topological polar surface area (TPSA) is 75.6 Å². The third-order valence-corrected chi connectivity index (χ3v) is 0.876.